The molecule has 0 spiro atoms. The Hall–Kier alpha value is -1.66. The third-order valence-electron chi connectivity index (χ3n) is 4.48. The molecule has 0 aromatic carbocycles. The van der Waals surface area contributed by atoms with E-state index in [1.165, 1.54) is 16.2 Å². The molecular weight excluding hydrogens is 340 g/mol. The van der Waals surface area contributed by atoms with E-state index in [4.69, 9.17) is 0 Å². The Bertz CT molecular complexity index is 659. The van der Waals surface area contributed by atoms with E-state index < -0.39 is 0 Å². The average molecular weight is 363 g/mol. The lowest BCUT2D eigenvalue weighted by Gasteiger charge is -2.33. The Labute approximate surface area is 150 Å². The van der Waals surface area contributed by atoms with Crippen LogP contribution in [0, 0.1) is 5.92 Å². The number of thiophene rings is 2. The van der Waals surface area contributed by atoms with E-state index in [1.54, 1.807) is 11.3 Å². The van der Waals surface area contributed by atoms with Crippen LogP contribution in [-0.2, 0) is 11.3 Å². The molecule has 1 saturated heterocycles. The van der Waals surface area contributed by atoms with Gasteiger partial charge in [-0.3, -0.25) is 9.59 Å². The fraction of sp³-hybridized carbons (Fsp3) is 0.444. The molecule has 0 saturated carbocycles. The van der Waals surface area contributed by atoms with Gasteiger partial charge in [0.25, 0.3) is 5.91 Å². The molecule has 3 heterocycles. The predicted octanol–water partition coefficient (Wildman–Crippen LogP) is 3.71. The third-order valence-corrected chi connectivity index (χ3v) is 6.20. The number of hydrogen-bond acceptors (Lipinski definition) is 4. The quantitative estimate of drug-likeness (QED) is 0.813. The van der Waals surface area contributed by atoms with Gasteiger partial charge in [-0.05, 0) is 42.7 Å². The topological polar surface area (TPSA) is 40.6 Å². The summed E-state index contributed by atoms with van der Waals surface area (Å²) < 4.78 is 0. The van der Waals surface area contributed by atoms with Crippen LogP contribution in [0.1, 0.15) is 34.3 Å². The van der Waals surface area contributed by atoms with Gasteiger partial charge in [0.1, 0.15) is 0 Å². The highest BCUT2D eigenvalue weighted by molar-refractivity contribution is 7.12. The number of carbonyl (C=O) groups excluding carboxylic acids is 2. The van der Waals surface area contributed by atoms with Crippen molar-refractivity contribution in [3.8, 4) is 0 Å². The Morgan fingerprint density at radius 2 is 1.88 bits per heavy atom. The van der Waals surface area contributed by atoms with E-state index in [1.807, 2.05) is 45.7 Å². The summed E-state index contributed by atoms with van der Waals surface area (Å²) in [6.45, 7) is 4.79. The molecule has 0 atom stereocenters. The number of amides is 2. The van der Waals surface area contributed by atoms with E-state index in [2.05, 4.69) is 6.07 Å². The van der Waals surface area contributed by atoms with E-state index in [9.17, 15) is 9.59 Å². The Kier molecular flexibility index (Phi) is 5.68. The lowest BCUT2D eigenvalue weighted by atomic mass is 9.95. The van der Waals surface area contributed by atoms with E-state index in [0.29, 0.717) is 19.6 Å². The van der Waals surface area contributed by atoms with Crippen molar-refractivity contribution in [1.82, 2.24) is 9.80 Å². The van der Waals surface area contributed by atoms with Crippen LogP contribution in [0.3, 0.4) is 0 Å². The monoisotopic (exact) mass is 362 g/mol. The van der Waals surface area contributed by atoms with Crippen LogP contribution >= 0.6 is 22.7 Å². The van der Waals surface area contributed by atoms with Crippen molar-refractivity contribution < 1.29 is 9.59 Å². The molecule has 0 bridgehead atoms. The first-order valence-electron chi connectivity index (χ1n) is 8.33. The molecule has 0 radical (unpaired) electrons. The fourth-order valence-corrected chi connectivity index (χ4v) is 4.49. The average Bonchev–Trinajstić information content (AvgIpc) is 3.32. The van der Waals surface area contributed by atoms with Gasteiger partial charge in [-0.15, -0.1) is 22.7 Å². The van der Waals surface area contributed by atoms with Gasteiger partial charge in [0.15, 0.2) is 0 Å². The van der Waals surface area contributed by atoms with Crippen molar-refractivity contribution in [3.05, 3.63) is 44.8 Å². The molecule has 0 N–H and O–H groups in total. The minimum absolute atomic E-state index is 0.0392. The second-order valence-electron chi connectivity index (χ2n) is 5.98. The number of carbonyl (C=O) groups is 2. The lowest BCUT2D eigenvalue weighted by Crippen LogP contribution is -2.44. The van der Waals surface area contributed by atoms with Gasteiger partial charge in [0, 0.05) is 30.4 Å². The van der Waals surface area contributed by atoms with Crippen molar-refractivity contribution in [2.45, 2.75) is 26.3 Å². The van der Waals surface area contributed by atoms with Crippen LogP contribution in [0.4, 0.5) is 0 Å². The molecule has 0 aliphatic carbocycles. The van der Waals surface area contributed by atoms with Crippen molar-refractivity contribution in [3.63, 3.8) is 0 Å². The summed E-state index contributed by atoms with van der Waals surface area (Å²) in [6, 6.07) is 7.86. The molecule has 2 aromatic heterocycles. The van der Waals surface area contributed by atoms with Crippen LogP contribution < -0.4 is 0 Å². The molecular formula is C18H22N2O2S2. The summed E-state index contributed by atoms with van der Waals surface area (Å²) in [5, 5.41) is 3.97. The molecule has 2 aromatic rings. The van der Waals surface area contributed by atoms with Crippen molar-refractivity contribution in [2.75, 3.05) is 19.6 Å². The number of nitrogens with zero attached hydrogens (tertiary/aromatic N) is 2. The molecule has 3 rings (SSSR count). The zero-order valence-corrected chi connectivity index (χ0v) is 15.4. The fourth-order valence-electron chi connectivity index (χ4n) is 3.08. The third kappa shape index (κ3) is 3.87. The van der Waals surface area contributed by atoms with Crippen LogP contribution in [0.15, 0.2) is 35.0 Å². The molecule has 6 heteroatoms. The molecule has 24 heavy (non-hydrogen) atoms. The zero-order valence-electron chi connectivity index (χ0n) is 13.8. The Morgan fingerprint density at radius 3 is 2.46 bits per heavy atom. The van der Waals surface area contributed by atoms with Gasteiger partial charge in [0.2, 0.25) is 5.91 Å². The summed E-state index contributed by atoms with van der Waals surface area (Å²) in [4.78, 5) is 31.0. The van der Waals surface area contributed by atoms with Crippen molar-refractivity contribution in [2.24, 2.45) is 5.92 Å². The van der Waals surface area contributed by atoms with E-state index in [0.717, 1.165) is 24.3 Å². The molecule has 4 nitrogen and oxygen atoms in total. The second kappa shape index (κ2) is 7.94. The number of likely N-dealkylation sites (tertiary alicyclic amines) is 1. The smallest absolute Gasteiger partial charge is 0.263 e. The number of hydrogen-bond donors (Lipinski definition) is 0. The summed E-state index contributed by atoms with van der Waals surface area (Å²) in [6.07, 6.45) is 1.52. The normalized spacial score (nSPS) is 15.5. The van der Waals surface area contributed by atoms with Crippen molar-refractivity contribution in [1.29, 1.82) is 0 Å². The van der Waals surface area contributed by atoms with E-state index in [-0.39, 0.29) is 17.7 Å². The standard InChI is InChI=1S/C18H22N2O2S2/c1-2-19(13-15-5-3-11-23-15)17(21)14-7-9-20(10-8-14)18(22)16-6-4-12-24-16/h3-6,11-12,14H,2,7-10,13H2,1H3. The van der Waals surface area contributed by atoms with E-state index >= 15 is 0 Å². The molecule has 1 aliphatic rings. The van der Waals surface area contributed by atoms with Gasteiger partial charge < -0.3 is 9.80 Å². The first kappa shape index (κ1) is 17.2. The minimum atomic E-state index is 0.0392. The number of rotatable bonds is 5. The summed E-state index contributed by atoms with van der Waals surface area (Å²) >= 11 is 3.17. The number of piperidine rings is 1. The second-order valence-corrected chi connectivity index (χ2v) is 7.96. The van der Waals surface area contributed by atoms with Gasteiger partial charge in [-0.25, -0.2) is 0 Å². The van der Waals surface area contributed by atoms with Crippen LogP contribution in [-0.4, -0.2) is 41.2 Å². The largest absolute Gasteiger partial charge is 0.338 e. The maximum Gasteiger partial charge on any atom is 0.263 e. The van der Waals surface area contributed by atoms with Crippen LogP contribution in [0.2, 0.25) is 0 Å². The zero-order chi connectivity index (χ0) is 16.9. The summed E-state index contributed by atoms with van der Waals surface area (Å²) in [7, 11) is 0. The molecule has 0 unspecified atom stereocenters. The molecule has 128 valence electrons. The molecule has 2 amide bonds. The van der Waals surface area contributed by atoms with Gasteiger partial charge in [-0.1, -0.05) is 12.1 Å². The highest BCUT2D eigenvalue weighted by atomic mass is 32.1. The van der Waals surface area contributed by atoms with Crippen LogP contribution in [0.25, 0.3) is 0 Å². The predicted molar refractivity (Wildman–Crippen MR) is 98.4 cm³/mol. The van der Waals surface area contributed by atoms with Gasteiger partial charge in [-0.2, -0.15) is 0 Å². The first-order chi connectivity index (χ1) is 11.7. The van der Waals surface area contributed by atoms with Crippen molar-refractivity contribution >= 4 is 34.5 Å². The summed E-state index contributed by atoms with van der Waals surface area (Å²) in [5.41, 5.74) is 0. The SMILES string of the molecule is CCN(Cc1cccs1)C(=O)C1CCN(C(=O)c2cccs2)CC1. The Balaban J connectivity index is 1.55. The van der Waals surface area contributed by atoms with Gasteiger partial charge in [0.05, 0.1) is 11.4 Å². The van der Waals surface area contributed by atoms with Gasteiger partial charge >= 0.3 is 0 Å². The van der Waals surface area contributed by atoms with Crippen LogP contribution in [0.5, 0.6) is 0 Å². The maximum absolute atomic E-state index is 12.8. The maximum atomic E-state index is 12.8. The molecule has 1 aliphatic heterocycles. The highest BCUT2D eigenvalue weighted by Gasteiger charge is 2.30. The molecule has 1 fully saturated rings. The minimum Gasteiger partial charge on any atom is -0.338 e. The Morgan fingerprint density at radius 1 is 1.17 bits per heavy atom. The first-order valence-corrected chi connectivity index (χ1v) is 10.1. The summed E-state index contributed by atoms with van der Waals surface area (Å²) in [5.74, 6) is 0.369. The lowest BCUT2D eigenvalue weighted by molar-refractivity contribution is -0.137. The highest BCUT2D eigenvalue weighted by Crippen LogP contribution is 2.23.